The highest BCUT2D eigenvalue weighted by molar-refractivity contribution is 7.17. The van der Waals surface area contributed by atoms with Crippen LogP contribution in [0.1, 0.15) is 34.8 Å². The summed E-state index contributed by atoms with van der Waals surface area (Å²) in [5.74, 6) is 2.33. The van der Waals surface area contributed by atoms with Gasteiger partial charge in [-0.3, -0.25) is 4.79 Å². The Hall–Kier alpha value is -3.46. The number of anilines is 3. The van der Waals surface area contributed by atoms with Crippen LogP contribution in [0.5, 0.6) is 17.2 Å². The van der Waals surface area contributed by atoms with Gasteiger partial charge in [0.25, 0.3) is 5.91 Å². The van der Waals surface area contributed by atoms with E-state index in [0.29, 0.717) is 24.6 Å². The van der Waals surface area contributed by atoms with Crippen LogP contribution < -0.4 is 29.7 Å². The maximum atomic E-state index is 12.6. The number of carbonyl (C=O) groups excluding carboxylic acids is 1. The maximum absolute atomic E-state index is 12.6. The number of fused-ring (bicyclic) bond motifs is 3. The van der Waals surface area contributed by atoms with Crippen molar-refractivity contribution in [2.24, 2.45) is 0 Å². The topological polar surface area (TPSA) is 85.0 Å². The number of benzene rings is 2. The number of rotatable bonds is 4. The number of ether oxygens (including phenoxy) is 3. The van der Waals surface area contributed by atoms with Gasteiger partial charge in [-0.2, -0.15) is 0 Å². The number of thiazole rings is 1. The van der Waals surface area contributed by atoms with Gasteiger partial charge >= 0.3 is 0 Å². The zero-order chi connectivity index (χ0) is 22.6. The van der Waals surface area contributed by atoms with E-state index in [1.54, 1.807) is 0 Å². The Balaban J connectivity index is 1.25. The van der Waals surface area contributed by atoms with Crippen LogP contribution in [0, 0.1) is 0 Å². The van der Waals surface area contributed by atoms with Gasteiger partial charge < -0.3 is 29.7 Å². The van der Waals surface area contributed by atoms with E-state index in [1.165, 1.54) is 11.3 Å². The lowest BCUT2D eigenvalue weighted by Crippen LogP contribution is -2.48. The molecule has 1 amide bonds. The Morgan fingerprint density at radius 1 is 1.12 bits per heavy atom. The highest BCUT2D eigenvalue weighted by Gasteiger charge is 2.34. The third kappa shape index (κ3) is 3.72. The van der Waals surface area contributed by atoms with E-state index in [-0.39, 0.29) is 18.2 Å². The molecule has 0 saturated carbocycles. The molecule has 4 heterocycles. The van der Waals surface area contributed by atoms with E-state index in [0.717, 1.165) is 51.4 Å². The number of amides is 1. The zero-order valence-corrected chi connectivity index (χ0v) is 19.3. The minimum absolute atomic E-state index is 0.0439. The summed E-state index contributed by atoms with van der Waals surface area (Å²) >= 11 is 1.44. The summed E-state index contributed by atoms with van der Waals surface area (Å²) in [6.45, 7) is 6.21. The number of aromatic nitrogens is 1. The first-order valence-electron chi connectivity index (χ1n) is 10.9. The van der Waals surface area contributed by atoms with Crippen LogP contribution in [-0.4, -0.2) is 36.4 Å². The number of hydrogen-bond acceptors (Lipinski definition) is 8. The second-order valence-corrected chi connectivity index (χ2v) is 9.99. The third-order valence-corrected chi connectivity index (χ3v) is 7.06. The van der Waals surface area contributed by atoms with Gasteiger partial charge in [-0.05, 0) is 49.7 Å². The third-order valence-electron chi connectivity index (χ3n) is 5.94. The van der Waals surface area contributed by atoms with Gasteiger partial charge in [0.2, 0.25) is 6.79 Å². The molecule has 170 valence electrons. The Bertz CT molecular complexity index is 1260. The summed E-state index contributed by atoms with van der Waals surface area (Å²) in [5.41, 5.74) is 3.61. The summed E-state index contributed by atoms with van der Waals surface area (Å²) in [6, 6.07) is 12.0. The molecule has 33 heavy (non-hydrogen) atoms. The Morgan fingerprint density at radius 2 is 1.97 bits per heavy atom. The Labute approximate surface area is 195 Å². The van der Waals surface area contributed by atoms with Crippen LogP contribution in [0.15, 0.2) is 36.4 Å². The highest BCUT2D eigenvalue weighted by Crippen LogP contribution is 2.42. The van der Waals surface area contributed by atoms with Crippen LogP contribution in [0.2, 0.25) is 0 Å². The van der Waals surface area contributed by atoms with E-state index in [1.807, 2.05) is 44.2 Å². The van der Waals surface area contributed by atoms with Crippen molar-refractivity contribution in [3.05, 3.63) is 52.5 Å². The van der Waals surface area contributed by atoms with Crippen molar-refractivity contribution < 1.29 is 19.0 Å². The summed E-state index contributed by atoms with van der Waals surface area (Å²) in [6.07, 6.45) is 0.721. The smallest absolute Gasteiger partial charge is 0.263 e. The lowest BCUT2D eigenvalue weighted by Gasteiger charge is -2.30. The fraction of sp³-hybridized carbons (Fsp3) is 0.333. The van der Waals surface area contributed by atoms with Crippen molar-refractivity contribution in [2.45, 2.75) is 32.4 Å². The van der Waals surface area contributed by atoms with E-state index >= 15 is 0 Å². The van der Waals surface area contributed by atoms with Gasteiger partial charge in [0.1, 0.15) is 17.2 Å². The minimum Gasteiger partial charge on any atom is -0.490 e. The Morgan fingerprint density at radius 3 is 2.88 bits per heavy atom. The molecule has 6 rings (SSSR count). The van der Waals surface area contributed by atoms with Gasteiger partial charge in [0.05, 0.1) is 17.9 Å². The predicted octanol–water partition coefficient (Wildman–Crippen LogP) is 4.08. The summed E-state index contributed by atoms with van der Waals surface area (Å²) in [7, 11) is 0. The van der Waals surface area contributed by atoms with Crippen molar-refractivity contribution >= 4 is 33.8 Å². The standard InChI is InChI=1S/C24H24N4O4S/c1-24(2)11-16-21(22(29)27-24)33-23(26-16)28-7-8-30-18-6-4-15(10-17(18)28)25-12-14-3-5-19-20(9-14)32-13-31-19/h3-6,9-10,25H,7-8,11-13H2,1-2H3,(H,27,29). The number of carbonyl (C=O) groups is 1. The largest absolute Gasteiger partial charge is 0.490 e. The lowest BCUT2D eigenvalue weighted by atomic mass is 9.94. The maximum Gasteiger partial charge on any atom is 0.263 e. The average Bonchev–Trinajstić information content (AvgIpc) is 3.43. The second kappa shape index (κ2) is 7.55. The normalized spacial score (nSPS) is 17.6. The van der Waals surface area contributed by atoms with Gasteiger partial charge in [0.15, 0.2) is 16.6 Å². The first-order chi connectivity index (χ1) is 15.9. The number of nitrogens with one attached hydrogen (secondary N) is 2. The van der Waals surface area contributed by atoms with Gasteiger partial charge in [-0.25, -0.2) is 4.98 Å². The molecule has 1 aromatic heterocycles. The molecule has 2 N–H and O–H groups in total. The van der Waals surface area contributed by atoms with Gasteiger partial charge in [0, 0.05) is 24.2 Å². The molecule has 0 unspecified atom stereocenters. The fourth-order valence-corrected chi connectivity index (χ4v) is 5.38. The molecule has 0 fully saturated rings. The van der Waals surface area contributed by atoms with Crippen LogP contribution >= 0.6 is 11.3 Å². The summed E-state index contributed by atoms with van der Waals surface area (Å²) < 4.78 is 16.8. The molecule has 2 aromatic carbocycles. The second-order valence-electron chi connectivity index (χ2n) is 9.01. The predicted molar refractivity (Wildman–Crippen MR) is 126 cm³/mol. The molecular weight excluding hydrogens is 440 g/mol. The van der Waals surface area contributed by atoms with Crippen molar-refractivity contribution in [2.75, 3.05) is 30.2 Å². The molecule has 0 bridgehead atoms. The molecule has 3 aliphatic heterocycles. The number of hydrogen-bond donors (Lipinski definition) is 2. The fourth-order valence-electron chi connectivity index (χ4n) is 4.36. The van der Waals surface area contributed by atoms with Crippen molar-refractivity contribution in [1.29, 1.82) is 0 Å². The van der Waals surface area contributed by atoms with Crippen molar-refractivity contribution in [3.63, 3.8) is 0 Å². The van der Waals surface area contributed by atoms with E-state index in [9.17, 15) is 4.79 Å². The van der Waals surface area contributed by atoms with Gasteiger partial charge in [-0.15, -0.1) is 0 Å². The molecule has 0 radical (unpaired) electrons. The number of nitrogens with zero attached hydrogens (tertiary/aromatic N) is 2. The van der Waals surface area contributed by atoms with Crippen molar-refractivity contribution in [3.8, 4) is 17.2 Å². The van der Waals surface area contributed by atoms with Gasteiger partial charge in [-0.1, -0.05) is 17.4 Å². The first-order valence-corrected chi connectivity index (χ1v) is 11.8. The van der Waals surface area contributed by atoms with Crippen LogP contribution in [0.4, 0.5) is 16.5 Å². The van der Waals surface area contributed by atoms with Crippen LogP contribution in [0.3, 0.4) is 0 Å². The first kappa shape index (κ1) is 20.2. The van der Waals surface area contributed by atoms with Crippen LogP contribution in [0.25, 0.3) is 0 Å². The highest BCUT2D eigenvalue weighted by atomic mass is 32.1. The van der Waals surface area contributed by atoms with E-state index in [4.69, 9.17) is 19.2 Å². The molecule has 8 nitrogen and oxygen atoms in total. The molecule has 0 spiro atoms. The van der Waals surface area contributed by atoms with Crippen molar-refractivity contribution in [1.82, 2.24) is 10.3 Å². The van der Waals surface area contributed by atoms with E-state index in [2.05, 4.69) is 21.6 Å². The zero-order valence-electron chi connectivity index (χ0n) is 18.4. The minimum atomic E-state index is -0.288. The molecule has 3 aromatic rings. The quantitative estimate of drug-likeness (QED) is 0.602. The molecule has 9 heteroatoms. The molecule has 0 aliphatic carbocycles. The Kier molecular flexibility index (Phi) is 4.62. The van der Waals surface area contributed by atoms with Crippen LogP contribution in [-0.2, 0) is 13.0 Å². The SMILES string of the molecule is CC1(C)Cc2nc(N3CCOc4ccc(NCc5ccc6c(c5)OCO6)cc43)sc2C(=O)N1. The molecule has 0 saturated heterocycles. The van der Waals surface area contributed by atoms with E-state index < -0.39 is 0 Å². The molecule has 3 aliphatic rings. The molecular formula is C24H24N4O4S. The average molecular weight is 465 g/mol. The summed E-state index contributed by atoms with van der Waals surface area (Å²) in [4.78, 5) is 20.3. The summed E-state index contributed by atoms with van der Waals surface area (Å²) in [5, 5.41) is 7.37. The molecule has 0 atom stereocenters. The lowest BCUT2D eigenvalue weighted by molar-refractivity contribution is 0.0901. The monoisotopic (exact) mass is 464 g/mol.